The largest absolute Gasteiger partial charge is 0.490 e. The first kappa shape index (κ1) is 20.1. The van der Waals surface area contributed by atoms with E-state index in [1.807, 2.05) is 48.5 Å². The highest BCUT2D eigenvalue weighted by Gasteiger charge is 2.26. The molecule has 1 saturated heterocycles. The summed E-state index contributed by atoms with van der Waals surface area (Å²) in [4.78, 5) is 25.8. The van der Waals surface area contributed by atoms with E-state index in [0.717, 1.165) is 37.2 Å². The number of nitrogens with one attached hydrogen (secondary N) is 2. The Labute approximate surface area is 176 Å². The van der Waals surface area contributed by atoms with Crippen molar-refractivity contribution in [2.45, 2.75) is 38.2 Å². The molecule has 2 fully saturated rings. The molecule has 0 aromatic heterocycles. The van der Waals surface area contributed by atoms with E-state index in [4.69, 9.17) is 10.5 Å². The van der Waals surface area contributed by atoms with Gasteiger partial charge in [-0.05, 0) is 80.6 Å². The standard InChI is InChI=1S/C23H28N4O3/c24-22(28)16-13-14-27(15-16)19-9-5-17(6-10-19)25-23(29)26-18-7-11-21(12-8-18)30-20-3-1-2-4-20/h5-12,16,20H,1-4,13-15H2,(H2,24,28)(H2,25,26,29). The van der Waals surface area contributed by atoms with Gasteiger partial charge in [0.1, 0.15) is 5.75 Å². The molecule has 1 aliphatic heterocycles. The highest BCUT2D eigenvalue weighted by molar-refractivity contribution is 5.99. The number of nitrogens with zero attached hydrogens (tertiary/aromatic N) is 1. The molecule has 158 valence electrons. The Morgan fingerprint density at radius 2 is 1.50 bits per heavy atom. The van der Waals surface area contributed by atoms with Crippen LogP contribution in [0, 0.1) is 5.92 Å². The molecule has 7 heteroatoms. The fraction of sp³-hybridized carbons (Fsp3) is 0.391. The zero-order chi connectivity index (χ0) is 20.9. The number of benzene rings is 2. The number of urea groups is 1. The summed E-state index contributed by atoms with van der Waals surface area (Å²) in [5, 5.41) is 5.67. The number of carbonyl (C=O) groups is 2. The summed E-state index contributed by atoms with van der Waals surface area (Å²) in [5.74, 6) is 0.498. The van der Waals surface area contributed by atoms with E-state index in [1.54, 1.807) is 0 Å². The summed E-state index contributed by atoms with van der Waals surface area (Å²) in [7, 11) is 0. The molecular formula is C23H28N4O3. The first-order valence-corrected chi connectivity index (χ1v) is 10.6. The van der Waals surface area contributed by atoms with Crippen molar-refractivity contribution in [1.82, 2.24) is 0 Å². The van der Waals surface area contributed by atoms with Gasteiger partial charge >= 0.3 is 6.03 Å². The van der Waals surface area contributed by atoms with Gasteiger partial charge in [-0.1, -0.05) is 0 Å². The molecule has 0 bridgehead atoms. The molecule has 1 atom stereocenters. The number of anilines is 3. The topological polar surface area (TPSA) is 96.7 Å². The quantitative estimate of drug-likeness (QED) is 0.674. The average molecular weight is 409 g/mol. The second-order valence-corrected chi connectivity index (χ2v) is 8.01. The van der Waals surface area contributed by atoms with Gasteiger partial charge in [0.2, 0.25) is 5.91 Å². The van der Waals surface area contributed by atoms with Crippen molar-refractivity contribution in [3.63, 3.8) is 0 Å². The lowest BCUT2D eigenvalue weighted by Gasteiger charge is -2.18. The number of rotatable bonds is 6. The molecule has 3 amide bonds. The van der Waals surface area contributed by atoms with E-state index < -0.39 is 0 Å². The van der Waals surface area contributed by atoms with Gasteiger partial charge in [0.25, 0.3) is 0 Å². The number of hydrogen-bond donors (Lipinski definition) is 3. The zero-order valence-electron chi connectivity index (χ0n) is 17.0. The lowest BCUT2D eigenvalue weighted by Crippen LogP contribution is -2.27. The Balaban J connectivity index is 1.27. The van der Waals surface area contributed by atoms with Crippen molar-refractivity contribution in [2.75, 3.05) is 28.6 Å². The molecule has 2 aliphatic rings. The Morgan fingerprint density at radius 1 is 0.900 bits per heavy atom. The van der Waals surface area contributed by atoms with Gasteiger partial charge in [0.15, 0.2) is 0 Å². The summed E-state index contributed by atoms with van der Waals surface area (Å²) in [6.45, 7) is 1.45. The van der Waals surface area contributed by atoms with Crippen LogP contribution in [0.4, 0.5) is 21.9 Å². The third-order valence-electron chi connectivity index (χ3n) is 5.80. The molecule has 4 rings (SSSR count). The van der Waals surface area contributed by atoms with Crippen molar-refractivity contribution in [3.05, 3.63) is 48.5 Å². The summed E-state index contributed by atoms with van der Waals surface area (Å²) in [5.41, 5.74) is 7.82. The second-order valence-electron chi connectivity index (χ2n) is 8.01. The van der Waals surface area contributed by atoms with Crippen molar-refractivity contribution < 1.29 is 14.3 Å². The minimum absolute atomic E-state index is 0.0940. The summed E-state index contributed by atoms with van der Waals surface area (Å²) in [6.07, 6.45) is 5.80. The smallest absolute Gasteiger partial charge is 0.323 e. The van der Waals surface area contributed by atoms with Crippen LogP contribution in [-0.4, -0.2) is 31.1 Å². The highest BCUT2D eigenvalue weighted by Crippen LogP contribution is 2.26. The van der Waals surface area contributed by atoms with E-state index in [1.165, 1.54) is 12.8 Å². The Kier molecular flexibility index (Phi) is 6.07. The van der Waals surface area contributed by atoms with Gasteiger partial charge in [-0.25, -0.2) is 4.79 Å². The number of hydrogen-bond acceptors (Lipinski definition) is 4. The van der Waals surface area contributed by atoms with Crippen molar-refractivity contribution in [2.24, 2.45) is 11.7 Å². The maximum absolute atomic E-state index is 12.3. The molecule has 2 aromatic carbocycles. The van der Waals surface area contributed by atoms with Crippen LogP contribution in [0.15, 0.2) is 48.5 Å². The SMILES string of the molecule is NC(=O)C1CCN(c2ccc(NC(=O)Nc3ccc(OC4CCCC4)cc3)cc2)C1. The molecule has 2 aromatic rings. The predicted molar refractivity (Wildman–Crippen MR) is 118 cm³/mol. The summed E-state index contributed by atoms with van der Waals surface area (Å²) in [6, 6.07) is 14.7. The first-order valence-electron chi connectivity index (χ1n) is 10.6. The van der Waals surface area contributed by atoms with E-state index in [2.05, 4.69) is 15.5 Å². The monoisotopic (exact) mass is 408 g/mol. The van der Waals surface area contributed by atoms with Crippen LogP contribution in [0.25, 0.3) is 0 Å². The Hall–Kier alpha value is -3.22. The van der Waals surface area contributed by atoms with E-state index in [-0.39, 0.29) is 17.9 Å². The van der Waals surface area contributed by atoms with Crippen molar-refractivity contribution in [1.29, 1.82) is 0 Å². The van der Waals surface area contributed by atoms with Crippen LogP contribution < -0.4 is 26.0 Å². The third kappa shape index (κ3) is 5.03. The number of ether oxygens (including phenoxy) is 1. The number of amides is 3. The maximum Gasteiger partial charge on any atom is 0.323 e. The van der Waals surface area contributed by atoms with E-state index in [9.17, 15) is 9.59 Å². The molecule has 4 N–H and O–H groups in total. The highest BCUT2D eigenvalue weighted by atomic mass is 16.5. The minimum atomic E-state index is -0.304. The van der Waals surface area contributed by atoms with Crippen LogP contribution in [0.5, 0.6) is 5.75 Å². The minimum Gasteiger partial charge on any atom is -0.490 e. The fourth-order valence-corrected chi connectivity index (χ4v) is 4.09. The number of carbonyl (C=O) groups excluding carboxylic acids is 2. The van der Waals surface area contributed by atoms with Crippen LogP contribution in [0.3, 0.4) is 0 Å². The van der Waals surface area contributed by atoms with Gasteiger partial charge in [-0.15, -0.1) is 0 Å². The molecule has 7 nitrogen and oxygen atoms in total. The molecule has 1 saturated carbocycles. The number of primary amides is 1. The Morgan fingerprint density at radius 3 is 2.07 bits per heavy atom. The normalized spacial score (nSPS) is 18.9. The fourth-order valence-electron chi connectivity index (χ4n) is 4.09. The molecule has 1 aliphatic carbocycles. The van der Waals surface area contributed by atoms with Crippen LogP contribution in [0.2, 0.25) is 0 Å². The van der Waals surface area contributed by atoms with Crippen molar-refractivity contribution in [3.8, 4) is 5.75 Å². The van der Waals surface area contributed by atoms with Gasteiger partial charge in [-0.2, -0.15) is 0 Å². The van der Waals surface area contributed by atoms with Gasteiger partial charge in [0, 0.05) is 30.2 Å². The second kappa shape index (κ2) is 9.07. The Bertz CT molecular complexity index is 876. The number of nitrogens with two attached hydrogens (primary N) is 1. The summed E-state index contributed by atoms with van der Waals surface area (Å²) >= 11 is 0. The lowest BCUT2D eigenvalue weighted by molar-refractivity contribution is -0.121. The van der Waals surface area contributed by atoms with Crippen LogP contribution >= 0.6 is 0 Å². The average Bonchev–Trinajstić information content (AvgIpc) is 3.42. The predicted octanol–water partition coefficient (Wildman–Crippen LogP) is 3.96. The molecule has 1 unspecified atom stereocenters. The van der Waals surface area contributed by atoms with E-state index in [0.29, 0.717) is 24.0 Å². The van der Waals surface area contributed by atoms with Crippen LogP contribution in [0.1, 0.15) is 32.1 Å². The van der Waals surface area contributed by atoms with Gasteiger partial charge in [0.05, 0.1) is 12.0 Å². The maximum atomic E-state index is 12.3. The van der Waals surface area contributed by atoms with Gasteiger partial charge < -0.3 is 26.0 Å². The molecular weight excluding hydrogens is 380 g/mol. The van der Waals surface area contributed by atoms with Gasteiger partial charge in [-0.3, -0.25) is 4.79 Å². The first-order chi connectivity index (χ1) is 14.6. The molecule has 1 heterocycles. The van der Waals surface area contributed by atoms with Crippen molar-refractivity contribution >= 4 is 29.0 Å². The lowest BCUT2D eigenvalue weighted by atomic mass is 10.1. The molecule has 0 spiro atoms. The zero-order valence-corrected chi connectivity index (χ0v) is 17.0. The van der Waals surface area contributed by atoms with E-state index >= 15 is 0 Å². The summed E-state index contributed by atoms with van der Waals surface area (Å²) < 4.78 is 5.95. The molecule has 0 radical (unpaired) electrons. The van der Waals surface area contributed by atoms with Crippen LogP contribution in [-0.2, 0) is 4.79 Å². The third-order valence-corrected chi connectivity index (χ3v) is 5.80. The molecule has 30 heavy (non-hydrogen) atoms.